The summed E-state index contributed by atoms with van der Waals surface area (Å²) in [6, 6.07) is 3.93. The molecule has 0 fully saturated rings. The molecule has 2 rings (SSSR count). The van der Waals surface area contributed by atoms with Gasteiger partial charge in [-0.05, 0) is 6.07 Å². The molecule has 0 spiro atoms. The van der Waals surface area contributed by atoms with Gasteiger partial charge in [-0.1, -0.05) is 6.07 Å². The number of benzene rings is 1. The highest BCUT2D eigenvalue weighted by molar-refractivity contribution is 5.95. The lowest BCUT2D eigenvalue weighted by Gasteiger charge is -2.09. The molecule has 0 radical (unpaired) electrons. The third kappa shape index (κ3) is 1.49. The Labute approximate surface area is 93.7 Å². The number of aryl methyl sites for hydroxylation is 1. The van der Waals surface area contributed by atoms with Gasteiger partial charge in [-0.25, -0.2) is 0 Å². The summed E-state index contributed by atoms with van der Waals surface area (Å²) in [6.07, 6.45) is 0. The van der Waals surface area contributed by atoms with Crippen LogP contribution in [0.3, 0.4) is 0 Å². The monoisotopic (exact) mass is 221 g/mol. The van der Waals surface area contributed by atoms with Gasteiger partial charge in [0.2, 0.25) is 0 Å². The van der Waals surface area contributed by atoms with E-state index in [0.29, 0.717) is 12.4 Å². The van der Waals surface area contributed by atoms with Crippen LogP contribution in [0.15, 0.2) is 12.1 Å². The zero-order valence-corrected chi connectivity index (χ0v) is 9.65. The first-order valence-electron chi connectivity index (χ1n) is 4.96. The molecule has 0 bridgehead atoms. The highest BCUT2D eigenvalue weighted by Crippen LogP contribution is 2.33. The fraction of sp³-hybridized carbons (Fsp3) is 0.364. The first kappa shape index (κ1) is 10.8. The molecule has 16 heavy (non-hydrogen) atoms. The molecular weight excluding hydrogens is 206 g/mol. The van der Waals surface area contributed by atoms with Gasteiger partial charge in [-0.15, -0.1) is 0 Å². The minimum absolute atomic E-state index is 0.479. The number of hydrogen-bond donors (Lipinski definition) is 1. The summed E-state index contributed by atoms with van der Waals surface area (Å²) in [7, 11) is 5.13. The largest absolute Gasteiger partial charge is 0.496 e. The highest BCUT2D eigenvalue weighted by Gasteiger charge is 2.14. The van der Waals surface area contributed by atoms with Gasteiger partial charge in [0.05, 0.1) is 24.6 Å². The van der Waals surface area contributed by atoms with Crippen molar-refractivity contribution in [3.63, 3.8) is 0 Å². The topological polar surface area (TPSA) is 62.3 Å². The van der Waals surface area contributed by atoms with E-state index >= 15 is 0 Å². The molecule has 86 valence electrons. The van der Waals surface area contributed by atoms with Gasteiger partial charge in [0.15, 0.2) is 5.82 Å². The maximum absolute atomic E-state index is 5.87. The maximum atomic E-state index is 5.87. The fourth-order valence-electron chi connectivity index (χ4n) is 1.90. The van der Waals surface area contributed by atoms with Crippen LogP contribution in [0.5, 0.6) is 5.75 Å². The molecule has 0 saturated carbocycles. The van der Waals surface area contributed by atoms with E-state index in [-0.39, 0.29) is 0 Å². The second-order valence-corrected chi connectivity index (χ2v) is 3.59. The minimum atomic E-state index is 0.479. The van der Waals surface area contributed by atoms with Crippen LogP contribution in [0.2, 0.25) is 0 Å². The summed E-state index contributed by atoms with van der Waals surface area (Å²) in [5.74, 6) is 1.22. The summed E-state index contributed by atoms with van der Waals surface area (Å²) in [4.78, 5) is 0. The standard InChI is InChI=1S/C11H15N3O2/c1-14-8-5-4-7(6-15-2)10(16-3)9(8)11(12)13-14/h4-5H,6H2,1-3H3,(H2,12,13). The van der Waals surface area contributed by atoms with Gasteiger partial charge in [-0.2, -0.15) is 5.10 Å². The van der Waals surface area contributed by atoms with Gasteiger partial charge in [0.25, 0.3) is 0 Å². The summed E-state index contributed by atoms with van der Waals surface area (Å²) in [6.45, 7) is 0.493. The Morgan fingerprint density at radius 2 is 2.12 bits per heavy atom. The van der Waals surface area contributed by atoms with Crippen LogP contribution in [0.25, 0.3) is 10.9 Å². The van der Waals surface area contributed by atoms with Crippen molar-refractivity contribution in [2.45, 2.75) is 6.61 Å². The van der Waals surface area contributed by atoms with Crippen molar-refractivity contribution in [3.05, 3.63) is 17.7 Å². The number of nitrogens with two attached hydrogens (primary N) is 1. The zero-order valence-electron chi connectivity index (χ0n) is 9.65. The lowest BCUT2D eigenvalue weighted by atomic mass is 10.1. The number of rotatable bonds is 3. The van der Waals surface area contributed by atoms with Crippen molar-refractivity contribution in [3.8, 4) is 5.75 Å². The Kier molecular flexibility index (Phi) is 2.70. The molecule has 1 aromatic carbocycles. The van der Waals surface area contributed by atoms with Crippen molar-refractivity contribution in [1.82, 2.24) is 9.78 Å². The number of nitrogens with zero attached hydrogens (tertiary/aromatic N) is 2. The molecule has 0 unspecified atom stereocenters. The van der Waals surface area contributed by atoms with Crippen LogP contribution in [-0.4, -0.2) is 24.0 Å². The van der Waals surface area contributed by atoms with Crippen LogP contribution in [0.4, 0.5) is 5.82 Å². The Hall–Kier alpha value is -1.75. The number of anilines is 1. The number of hydrogen-bond acceptors (Lipinski definition) is 4. The molecule has 1 heterocycles. The van der Waals surface area contributed by atoms with E-state index in [9.17, 15) is 0 Å². The average Bonchev–Trinajstić information content (AvgIpc) is 2.55. The number of fused-ring (bicyclic) bond motifs is 1. The van der Waals surface area contributed by atoms with Crippen LogP contribution >= 0.6 is 0 Å². The zero-order chi connectivity index (χ0) is 11.7. The molecule has 0 saturated heterocycles. The molecule has 2 aromatic rings. The third-order valence-electron chi connectivity index (χ3n) is 2.58. The Morgan fingerprint density at radius 1 is 1.38 bits per heavy atom. The van der Waals surface area contributed by atoms with Crippen LogP contribution in [0.1, 0.15) is 5.56 Å². The third-order valence-corrected chi connectivity index (χ3v) is 2.58. The lowest BCUT2D eigenvalue weighted by Crippen LogP contribution is -1.96. The van der Waals surface area contributed by atoms with E-state index in [1.807, 2.05) is 19.2 Å². The molecule has 5 nitrogen and oxygen atoms in total. The van der Waals surface area contributed by atoms with Crippen molar-refractivity contribution in [1.29, 1.82) is 0 Å². The molecule has 5 heteroatoms. The van der Waals surface area contributed by atoms with Gasteiger partial charge >= 0.3 is 0 Å². The van der Waals surface area contributed by atoms with Crippen molar-refractivity contribution in [2.75, 3.05) is 20.0 Å². The summed E-state index contributed by atoms with van der Waals surface area (Å²) >= 11 is 0. The van der Waals surface area contributed by atoms with Crippen LogP contribution in [-0.2, 0) is 18.4 Å². The predicted molar refractivity (Wildman–Crippen MR) is 62.4 cm³/mol. The molecule has 1 aromatic heterocycles. The molecule has 0 aliphatic heterocycles. The quantitative estimate of drug-likeness (QED) is 0.848. The summed E-state index contributed by atoms with van der Waals surface area (Å²) in [5.41, 5.74) is 7.79. The number of aromatic nitrogens is 2. The molecule has 0 amide bonds. The smallest absolute Gasteiger partial charge is 0.157 e. The molecule has 2 N–H and O–H groups in total. The average molecular weight is 221 g/mol. The number of ether oxygens (including phenoxy) is 2. The Balaban J connectivity index is 2.74. The predicted octanol–water partition coefficient (Wildman–Crippen LogP) is 1.31. The molecular formula is C11H15N3O2. The van der Waals surface area contributed by atoms with Gasteiger partial charge in [-0.3, -0.25) is 4.68 Å². The summed E-state index contributed by atoms with van der Waals surface area (Å²) in [5, 5.41) is 5.02. The highest BCUT2D eigenvalue weighted by atomic mass is 16.5. The van der Waals surface area contributed by atoms with E-state index in [1.165, 1.54) is 0 Å². The van der Waals surface area contributed by atoms with Gasteiger partial charge < -0.3 is 15.2 Å². The number of methoxy groups -OCH3 is 2. The van der Waals surface area contributed by atoms with E-state index in [1.54, 1.807) is 18.9 Å². The Morgan fingerprint density at radius 3 is 2.75 bits per heavy atom. The fourth-order valence-corrected chi connectivity index (χ4v) is 1.90. The van der Waals surface area contributed by atoms with Crippen molar-refractivity contribution >= 4 is 16.7 Å². The van der Waals surface area contributed by atoms with Gasteiger partial charge in [0.1, 0.15) is 5.75 Å². The second-order valence-electron chi connectivity index (χ2n) is 3.59. The lowest BCUT2D eigenvalue weighted by molar-refractivity contribution is 0.182. The molecule has 0 aliphatic carbocycles. The number of nitrogen functional groups attached to an aromatic ring is 1. The van der Waals surface area contributed by atoms with Crippen LogP contribution < -0.4 is 10.5 Å². The van der Waals surface area contributed by atoms with E-state index in [0.717, 1.165) is 22.2 Å². The minimum Gasteiger partial charge on any atom is -0.496 e. The van der Waals surface area contributed by atoms with Crippen LogP contribution in [0, 0.1) is 0 Å². The SMILES string of the molecule is COCc1ccc2c(c(N)nn2C)c1OC. The second kappa shape index (κ2) is 4.02. The van der Waals surface area contributed by atoms with E-state index < -0.39 is 0 Å². The van der Waals surface area contributed by atoms with Gasteiger partial charge in [0, 0.05) is 19.7 Å². The summed E-state index contributed by atoms with van der Waals surface area (Å²) < 4.78 is 12.2. The first-order valence-corrected chi connectivity index (χ1v) is 4.96. The first-order chi connectivity index (χ1) is 7.69. The van der Waals surface area contributed by atoms with E-state index in [4.69, 9.17) is 15.2 Å². The van der Waals surface area contributed by atoms with Crippen molar-refractivity contribution in [2.24, 2.45) is 7.05 Å². The normalized spacial score (nSPS) is 10.9. The van der Waals surface area contributed by atoms with Crippen molar-refractivity contribution < 1.29 is 9.47 Å². The molecule has 0 aliphatic rings. The molecule has 0 atom stereocenters. The van der Waals surface area contributed by atoms with E-state index in [2.05, 4.69) is 5.10 Å². The Bertz CT molecular complexity index is 519. The maximum Gasteiger partial charge on any atom is 0.157 e.